The minimum Gasteiger partial charge on any atom is -0.497 e. The molecule has 0 radical (unpaired) electrons. The summed E-state index contributed by atoms with van der Waals surface area (Å²) in [5.41, 5.74) is 4.72. The lowest BCUT2D eigenvalue weighted by Crippen LogP contribution is -2.50. The van der Waals surface area contributed by atoms with Crippen LogP contribution >= 0.6 is 9.03 Å². The van der Waals surface area contributed by atoms with Gasteiger partial charge in [-0.1, -0.05) is 186 Å². The summed E-state index contributed by atoms with van der Waals surface area (Å²) in [4.78, 5) is 24.8. The summed E-state index contributed by atoms with van der Waals surface area (Å²) >= 11 is 0. The number of likely N-dealkylation sites (N-methyl/N-ethyl adjacent to an activating group) is 1. The van der Waals surface area contributed by atoms with Gasteiger partial charge in [-0.25, -0.2) is 4.79 Å². The Morgan fingerprint density at radius 3 is 2.30 bits per heavy atom. The largest absolute Gasteiger partial charge is 0.497 e. The van der Waals surface area contributed by atoms with E-state index in [1.807, 2.05) is 44.2 Å². The second-order valence-electron chi connectivity index (χ2n) is 26.7. The molecule has 13 heteroatoms. The van der Waals surface area contributed by atoms with E-state index in [0.717, 1.165) is 123 Å². The molecule has 7 rings (SSSR count). The summed E-state index contributed by atoms with van der Waals surface area (Å²) in [5.74, 6) is 5.17. The van der Waals surface area contributed by atoms with Gasteiger partial charge in [0.15, 0.2) is 9.03 Å². The topological polar surface area (TPSA) is 141 Å². The van der Waals surface area contributed by atoms with Crippen LogP contribution in [0.5, 0.6) is 5.75 Å². The van der Waals surface area contributed by atoms with Crippen molar-refractivity contribution >= 4 is 21.4 Å². The van der Waals surface area contributed by atoms with Gasteiger partial charge in [0, 0.05) is 58.3 Å². The van der Waals surface area contributed by atoms with Crippen molar-refractivity contribution in [3.63, 3.8) is 0 Å². The van der Waals surface area contributed by atoms with Gasteiger partial charge >= 0.3 is 6.09 Å². The number of fused-ring (bicyclic) bond motifs is 5. The van der Waals surface area contributed by atoms with E-state index in [1.165, 1.54) is 57.8 Å². The number of nitriles is 1. The fourth-order valence-corrected chi connectivity index (χ4v) is 14.5. The highest BCUT2D eigenvalue weighted by Gasteiger charge is 2.58. The van der Waals surface area contributed by atoms with Crippen molar-refractivity contribution in [2.75, 3.05) is 54.1 Å². The number of methoxy groups -OCH3 is 2. The van der Waals surface area contributed by atoms with Gasteiger partial charge < -0.3 is 48.3 Å². The average molecular weight is 1240 g/mol. The number of aldehydes is 1. The zero-order chi connectivity index (χ0) is 65.0. The SMILES string of the molecule is C=C/C=C(\C=C/C(C)OC)C(OCC)(C1=CC=CCC=C1)c1ccc(OC)cc1.CC(C)NC(C)C.CC1CCC2C3CC=C4CC(OC(=O)NCCCCCC=O)CCC4(C)C3CCC12C.CCCCCC(C)C.CN1CCC(OPOCCC#N)C1. The first-order valence-corrected chi connectivity index (χ1v) is 34.8. The first-order chi connectivity index (χ1) is 42.2. The molecule has 1 heterocycles. The van der Waals surface area contributed by atoms with Gasteiger partial charge in [-0.2, -0.15) is 5.26 Å². The van der Waals surface area contributed by atoms with Crippen molar-refractivity contribution in [3.8, 4) is 11.8 Å². The maximum Gasteiger partial charge on any atom is 0.407 e. The van der Waals surface area contributed by atoms with E-state index in [1.54, 1.807) is 25.9 Å². The number of allylic oxidation sites excluding steroid dienone is 7. The van der Waals surface area contributed by atoms with Crippen molar-refractivity contribution in [1.29, 1.82) is 5.26 Å². The number of nitrogens with zero attached hydrogens (tertiary/aromatic N) is 2. The molecule has 11 atom stereocenters. The van der Waals surface area contributed by atoms with Crippen molar-refractivity contribution in [2.45, 2.75) is 241 Å². The van der Waals surface area contributed by atoms with E-state index in [0.29, 0.717) is 61.6 Å². The molecule has 0 bridgehead atoms. The Morgan fingerprint density at radius 1 is 0.932 bits per heavy atom. The second-order valence-corrected chi connectivity index (χ2v) is 27.4. The minimum absolute atomic E-state index is 0.0167. The maximum absolute atomic E-state index is 12.3. The zero-order valence-corrected chi connectivity index (χ0v) is 58.8. The van der Waals surface area contributed by atoms with E-state index in [-0.39, 0.29) is 27.3 Å². The molecule has 496 valence electrons. The van der Waals surface area contributed by atoms with Crippen molar-refractivity contribution in [2.24, 2.45) is 40.4 Å². The van der Waals surface area contributed by atoms with Crippen molar-refractivity contribution < 1.29 is 37.6 Å². The molecule has 1 saturated heterocycles. The first kappa shape index (κ1) is 78.1. The Hall–Kier alpha value is -4.18. The lowest BCUT2D eigenvalue weighted by molar-refractivity contribution is -0.107. The molecule has 1 aromatic carbocycles. The van der Waals surface area contributed by atoms with Crippen LogP contribution in [-0.4, -0.2) is 102 Å². The smallest absolute Gasteiger partial charge is 0.407 e. The summed E-state index contributed by atoms with van der Waals surface area (Å²) in [6.07, 6.45) is 43.4. The van der Waals surface area contributed by atoms with E-state index in [2.05, 4.69) is 153 Å². The molecule has 0 aromatic heterocycles. The number of benzene rings is 1. The fraction of sp³-hybridized carbons (Fsp3) is 0.693. The molecule has 0 spiro atoms. The van der Waals surface area contributed by atoms with Crippen LogP contribution < -0.4 is 15.4 Å². The molecule has 11 unspecified atom stereocenters. The summed E-state index contributed by atoms with van der Waals surface area (Å²) in [5, 5.41) is 14.4. The number of nitrogens with one attached hydrogen (secondary N) is 2. The molecule has 1 amide bonds. The Balaban J connectivity index is 0.000000324. The van der Waals surface area contributed by atoms with Crippen LogP contribution in [0.1, 0.15) is 211 Å². The molecule has 6 aliphatic rings. The third-order valence-corrected chi connectivity index (χ3v) is 19.7. The second kappa shape index (κ2) is 42.8. The van der Waals surface area contributed by atoms with Crippen molar-refractivity contribution in [3.05, 3.63) is 114 Å². The molecule has 4 fully saturated rings. The highest BCUT2D eigenvalue weighted by atomic mass is 31.1. The Morgan fingerprint density at radius 2 is 1.68 bits per heavy atom. The molecular formula is C75H123N4O8P. The van der Waals surface area contributed by atoms with E-state index in [4.69, 9.17) is 33.3 Å². The summed E-state index contributed by atoms with van der Waals surface area (Å²) in [6, 6.07) is 11.3. The number of unbranched alkanes of at least 4 members (excludes halogenated alkanes) is 5. The van der Waals surface area contributed by atoms with Crippen LogP contribution in [-0.2, 0) is 33.7 Å². The summed E-state index contributed by atoms with van der Waals surface area (Å²) in [6.45, 7) is 34.7. The number of hydrogen-bond acceptors (Lipinski definition) is 11. The molecule has 1 aromatic rings. The molecular weight excluding hydrogens is 1120 g/mol. The average Bonchev–Trinajstić information content (AvgIpc) is 1.64. The Bertz CT molecular complexity index is 2370. The van der Waals surface area contributed by atoms with Gasteiger partial charge in [-0.3, -0.25) is 0 Å². The minimum atomic E-state index is -0.787. The van der Waals surface area contributed by atoms with Crippen LogP contribution in [0.25, 0.3) is 0 Å². The van der Waals surface area contributed by atoms with Gasteiger partial charge in [0.25, 0.3) is 0 Å². The van der Waals surface area contributed by atoms with Gasteiger partial charge in [0.2, 0.25) is 0 Å². The van der Waals surface area contributed by atoms with Crippen LogP contribution in [0.3, 0.4) is 0 Å². The normalized spacial score (nSPS) is 25.8. The number of amides is 1. The molecule has 12 nitrogen and oxygen atoms in total. The number of carbonyl (C=O) groups is 2. The highest BCUT2D eigenvalue weighted by Crippen LogP contribution is 2.66. The number of alkyl carbamates (subject to hydrolysis) is 1. The summed E-state index contributed by atoms with van der Waals surface area (Å²) < 4.78 is 33.8. The monoisotopic (exact) mass is 1240 g/mol. The predicted molar refractivity (Wildman–Crippen MR) is 369 cm³/mol. The van der Waals surface area contributed by atoms with Crippen LogP contribution in [0, 0.1) is 51.8 Å². The molecule has 1 aliphatic heterocycles. The first-order valence-electron chi connectivity index (χ1n) is 34.0. The van der Waals surface area contributed by atoms with Gasteiger partial charge in [0.05, 0.1) is 38.4 Å². The number of likely N-dealkylation sites (tertiary alicyclic amines) is 1. The van der Waals surface area contributed by atoms with Crippen LogP contribution in [0.15, 0.2) is 108 Å². The standard InChI is InChI=1S/C27H43NO3.C26H32O3.C8H15N2O2P.C8H18.C6H15N/c1-19-8-11-23-22-10-9-20-18-21(31-25(30)28-16-6-4-5-7-17-29)12-14-27(20,3)24(22)13-15-26(19,23)2;1-6-12-22(16-15-21(3)27-4)26(29-7-2,23-13-10-8-9-11-14-23)24-17-19-25(28-5)20-18-24;1-10-5-3-8(7-10)12-13-11-6-2-4-9;1-4-5-6-7-8(2)3;1-5(2)7-6(3)4/h9,17,19,21-24H,4-8,10-16,18H2,1-3H3,(H,28,30);6,8,10-21H,1,7,9H2,2-5H3;8,13H,2-3,5-7H2,1H3;8H,4-7H2,1-3H3;5-7H,1-4H3/b;16-15-,22-12+;;;. The molecule has 88 heavy (non-hydrogen) atoms. The van der Waals surface area contributed by atoms with E-state index >= 15 is 0 Å². The van der Waals surface area contributed by atoms with Gasteiger partial charge in [-0.15, -0.1) is 0 Å². The molecule has 2 N–H and O–H groups in total. The third-order valence-electron chi connectivity index (χ3n) is 18.9. The predicted octanol–water partition coefficient (Wildman–Crippen LogP) is 18.3. The Kier molecular flexibility index (Phi) is 38.0. The third kappa shape index (κ3) is 25.8. The van der Waals surface area contributed by atoms with Gasteiger partial charge in [0.1, 0.15) is 23.7 Å². The Labute approximate surface area is 538 Å². The molecule has 3 saturated carbocycles. The number of ether oxygens (including phenoxy) is 4. The quantitative estimate of drug-likeness (QED) is 0.0272. The molecule has 5 aliphatic carbocycles. The fourth-order valence-electron chi connectivity index (χ4n) is 13.9. The highest BCUT2D eigenvalue weighted by molar-refractivity contribution is 7.26. The van der Waals surface area contributed by atoms with E-state index < -0.39 is 5.60 Å². The maximum atomic E-state index is 12.3. The zero-order valence-electron chi connectivity index (χ0n) is 57.8. The van der Waals surface area contributed by atoms with Crippen LogP contribution in [0.2, 0.25) is 0 Å². The number of hydrogen-bond donors (Lipinski definition) is 2. The lowest BCUT2D eigenvalue weighted by atomic mass is 9.47. The number of carbonyl (C=O) groups excluding carboxylic acids is 2. The van der Waals surface area contributed by atoms with Gasteiger partial charge in [-0.05, 0) is 161 Å². The summed E-state index contributed by atoms with van der Waals surface area (Å²) in [7, 11) is 5.55. The van der Waals surface area contributed by atoms with Crippen molar-refractivity contribution in [1.82, 2.24) is 15.5 Å². The van der Waals surface area contributed by atoms with Crippen LogP contribution in [0.4, 0.5) is 4.79 Å². The lowest BCUT2D eigenvalue weighted by Gasteiger charge is -2.58. The number of rotatable bonds is 28. The van der Waals surface area contributed by atoms with E-state index in [9.17, 15) is 9.59 Å².